The molecule has 0 nitrogen and oxygen atoms in total. The van der Waals surface area contributed by atoms with Crippen molar-refractivity contribution in [1.82, 2.24) is 0 Å². The smallest absolute Gasteiger partial charge is 0.0130 e. The molecule has 0 fully saturated rings. The average Bonchev–Trinajstić information content (AvgIpc) is 2.34. The molecule has 0 radical (unpaired) electrons. The molecule has 0 aromatic rings. The first-order valence-electron chi connectivity index (χ1n) is 6.93. The van der Waals surface area contributed by atoms with Crippen molar-refractivity contribution in [2.75, 3.05) is 0 Å². The van der Waals surface area contributed by atoms with Crippen LogP contribution >= 0.6 is 0 Å². The van der Waals surface area contributed by atoms with Crippen LogP contribution in [0, 0.1) is 23.7 Å². The highest BCUT2D eigenvalue weighted by atomic mass is 14.0. The van der Waals surface area contributed by atoms with Crippen LogP contribution in [-0.4, -0.2) is 0 Å². The van der Waals surface area contributed by atoms with Gasteiger partial charge in [-0.3, -0.25) is 0 Å². The lowest BCUT2D eigenvalue weighted by atomic mass is 10.1. The molecule has 0 aliphatic rings. The molecule has 0 amide bonds. The quantitative estimate of drug-likeness (QED) is 0.455. The highest BCUT2D eigenvalue weighted by Gasteiger charge is 1.93. The van der Waals surface area contributed by atoms with E-state index in [0.29, 0.717) is 0 Å². The van der Waals surface area contributed by atoms with E-state index in [2.05, 4.69) is 51.4 Å². The Balaban J connectivity index is 4.43. The van der Waals surface area contributed by atoms with Crippen LogP contribution in [0.15, 0.2) is 11.1 Å². The number of allylic oxidation sites excluding steroid dienone is 2. The van der Waals surface area contributed by atoms with Crippen molar-refractivity contribution in [3.05, 3.63) is 11.1 Å². The fraction of sp³-hybridized carbons (Fsp3) is 0.647. The van der Waals surface area contributed by atoms with E-state index in [9.17, 15) is 0 Å². The molecule has 0 atom stereocenters. The standard InChI is InChI=1S/C17H26/c1-5-8-10-12-14-16(4)17(7-3)15-13-11-9-6-2/h5-11H2,1-4H3/b17-16-. The van der Waals surface area contributed by atoms with E-state index in [-0.39, 0.29) is 0 Å². The van der Waals surface area contributed by atoms with Crippen LogP contribution in [0.1, 0.15) is 72.6 Å². The molecule has 0 heteroatoms. The monoisotopic (exact) mass is 230 g/mol. The molecule has 0 aromatic carbocycles. The topological polar surface area (TPSA) is 0 Å². The van der Waals surface area contributed by atoms with Crippen LogP contribution in [0.3, 0.4) is 0 Å². The van der Waals surface area contributed by atoms with Gasteiger partial charge in [-0.25, -0.2) is 0 Å². The third kappa shape index (κ3) is 8.65. The molecule has 0 aromatic heterocycles. The summed E-state index contributed by atoms with van der Waals surface area (Å²) in [6, 6.07) is 0. The van der Waals surface area contributed by atoms with Crippen LogP contribution < -0.4 is 0 Å². The van der Waals surface area contributed by atoms with Crippen molar-refractivity contribution in [2.24, 2.45) is 0 Å². The zero-order chi connectivity index (χ0) is 12.9. The van der Waals surface area contributed by atoms with E-state index < -0.39 is 0 Å². The molecule has 0 heterocycles. The van der Waals surface area contributed by atoms with Crippen molar-refractivity contribution in [2.45, 2.75) is 72.6 Å². The molecule has 17 heavy (non-hydrogen) atoms. The van der Waals surface area contributed by atoms with Crippen molar-refractivity contribution < 1.29 is 0 Å². The second-order valence-corrected chi connectivity index (χ2v) is 4.27. The van der Waals surface area contributed by atoms with Gasteiger partial charge in [0.25, 0.3) is 0 Å². The van der Waals surface area contributed by atoms with Crippen LogP contribution in [-0.2, 0) is 0 Å². The van der Waals surface area contributed by atoms with Crippen molar-refractivity contribution >= 4 is 0 Å². The summed E-state index contributed by atoms with van der Waals surface area (Å²) in [4.78, 5) is 0. The van der Waals surface area contributed by atoms with Gasteiger partial charge in [0.1, 0.15) is 0 Å². The second kappa shape index (κ2) is 11.3. The van der Waals surface area contributed by atoms with Crippen molar-refractivity contribution in [3.8, 4) is 23.7 Å². The number of hydrogen-bond acceptors (Lipinski definition) is 0. The zero-order valence-corrected chi connectivity index (χ0v) is 11.9. The van der Waals surface area contributed by atoms with Gasteiger partial charge in [0, 0.05) is 24.0 Å². The molecule has 0 saturated carbocycles. The van der Waals surface area contributed by atoms with Gasteiger partial charge >= 0.3 is 0 Å². The Kier molecular flexibility index (Phi) is 10.6. The second-order valence-electron chi connectivity index (χ2n) is 4.27. The van der Waals surface area contributed by atoms with Gasteiger partial charge in [0.2, 0.25) is 0 Å². The number of hydrogen-bond donors (Lipinski definition) is 0. The largest absolute Gasteiger partial charge is 0.0982 e. The normalized spacial score (nSPS) is 10.8. The number of unbranched alkanes of at least 4 members (excludes halogenated alkanes) is 4. The highest BCUT2D eigenvalue weighted by molar-refractivity contribution is 5.41. The fourth-order valence-electron chi connectivity index (χ4n) is 1.42. The minimum absolute atomic E-state index is 0.993. The zero-order valence-electron chi connectivity index (χ0n) is 11.9. The summed E-state index contributed by atoms with van der Waals surface area (Å²) >= 11 is 0. The molecule has 0 aliphatic heterocycles. The van der Waals surface area contributed by atoms with Crippen LogP contribution in [0.5, 0.6) is 0 Å². The first-order valence-corrected chi connectivity index (χ1v) is 6.93. The molecule has 0 N–H and O–H groups in total. The molecular formula is C17H26. The summed E-state index contributed by atoms with van der Waals surface area (Å²) < 4.78 is 0. The average molecular weight is 230 g/mol. The van der Waals surface area contributed by atoms with E-state index >= 15 is 0 Å². The van der Waals surface area contributed by atoms with Gasteiger partial charge in [0.15, 0.2) is 0 Å². The summed E-state index contributed by atoms with van der Waals surface area (Å²) in [5, 5.41) is 0. The summed E-state index contributed by atoms with van der Waals surface area (Å²) in [6.07, 6.45) is 7.84. The molecule has 0 aliphatic carbocycles. The van der Waals surface area contributed by atoms with Crippen molar-refractivity contribution in [3.63, 3.8) is 0 Å². The van der Waals surface area contributed by atoms with Gasteiger partial charge < -0.3 is 0 Å². The van der Waals surface area contributed by atoms with Gasteiger partial charge in [-0.1, -0.05) is 57.3 Å². The summed E-state index contributed by atoms with van der Waals surface area (Å²) in [5.74, 6) is 13.0. The summed E-state index contributed by atoms with van der Waals surface area (Å²) in [6.45, 7) is 8.64. The Morgan fingerprint density at radius 1 is 0.824 bits per heavy atom. The lowest BCUT2D eigenvalue weighted by molar-refractivity contribution is 0.827. The fourth-order valence-corrected chi connectivity index (χ4v) is 1.42. The van der Waals surface area contributed by atoms with E-state index in [4.69, 9.17) is 0 Å². The first kappa shape index (κ1) is 15.9. The third-order valence-electron chi connectivity index (χ3n) is 2.63. The minimum Gasteiger partial charge on any atom is -0.0982 e. The third-order valence-corrected chi connectivity index (χ3v) is 2.63. The first-order chi connectivity index (χ1) is 8.26. The lowest BCUT2D eigenvalue weighted by Gasteiger charge is -1.96. The molecule has 94 valence electrons. The van der Waals surface area contributed by atoms with Crippen LogP contribution in [0.4, 0.5) is 0 Å². The molecule has 0 bridgehead atoms. The number of rotatable bonds is 5. The van der Waals surface area contributed by atoms with Gasteiger partial charge in [-0.15, -0.1) is 0 Å². The Labute approximate surface area is 108 Å². The lowest BCUT2D eigenvalue weighted by Crippen LogP contribution is -1.82. The minimum atomic E-state index is 0.993. The highest BCUT2D eigenvalue weighted by Crippen LogP contribution is 2.07. The Hall–Kier alpha value is -1.14. The maximum atomic E-state index is 3.27. The van der Waals surface area contributed by atoms with E-state index in [1.54, 1.807) is 0 Å². The molecule has 0 rings (SSSR count). The maximum Gasteiger partial charge on any atom is 0.0130 e. The maximum absolute atomic E-state index is 3.27. The summed E-state index contributed by atoms with van der Waals surface area (Å²) in [5.41, 5.74) is 2.37. The van der Waals surface area contributed by atoms with E-state index in [1.807, 2.05) is 0 Å². The molecular weight excluding hydrogens is 204 g/mol. The Morgan fingerprint density at radius 2 is 1.35 bits per heavy atom. The van der Waals surface area contributed by atoms with E-state index in [1.165, 1.54) is 31.3 Å². The van der Waals surface area contributed by atoms with Crippen molar-refractivity contribution in [1.29, 1.82) is 0 Å². The van der Waals surface area contributed by atoms with Gasteiger partial charge in [0.05, 0.1) is 0 Å². The Morgan fingerprint density at radius 3 is 1.82 bits per heavy atom. The van der Waals surface area contributed by atoms with Crippen LogP contribution in [0.2, 0.25) is 0 Å². The molecule has 0 saturated heterocycles. The predicted molar refractivity (Wildman–Crippen MR) is 77.6 cm³/mol. The Bertz CT molecular complexity index is 336. The van der Waals surface area contributed by atoms with Crippen LogP contribution in [0.25, 0.3) is 0 Å². The van der Waals surface area contributed by atoms with E-state index in [0.717, 1.165) is 24.8 Å². The molecule has 0 spiro atoms. The molecule has 0 unspecified atom stereocenters. The summed E-state index contributed by atoms with van der Waals surface area (Å²) in [7, 11) is 0. The van der Waals surface area contributed by atoms with Gasteiger partial charge in [-0.05, 0) is 26.2 Å². The SMILES string of the molecule is CCCCC#C/C(C)=C(\C#CCCCC)CC. The predicted octanol–water partition coefficient (Wildman–Crippen LogP) is 5.10. The van der Waals surface area contributed by atoms with Gasteiger partial charge in [-0.2, -0.15) is 0 Å².